The summed E-state index contributed by atoms with van der Waals surface area (Å²) in [6.45, 7) is 2.21. The van der Waals surface area contributed by atoms with Gasteiger partial charge in [0.15, 0.2) is 5.69 Å². The molecule has 0 aliphatic carbocycles. The Labute approximate surface area is 134 Å². The molecule has 0 bridgehead atoms. The van der Waals surface area contributed by atoms with Crippen molar-refractivity contribution in [2.75, 3.05) is 10.6 Å². The minimum atomic E-state index is -4.52. The van der Waals surface area contributed by atoms with Crippen molar-refractivity contribution < 1.29 is 22.8 Å². The minimum Gasteiger partial charge on any atom is -0.364 e. The van der Waals surface area contributed by atoms with Gasteiger partial charge in [-0.05, 0) is 25.1 Å². The summed E-state index contributed by atoms with van der Waals surface area (Å²) in [5, 5.41) is 8.48. The zero-order valence-electron chi connectivity index (χ0n) is 12.5. The predicted molar refractivity (Wildman–Crippen MR) is 80.5 cm³/mol. The average Bonchev–Trinajstić information content (AvgIpc) is 2.89. The van der Waals surface area contributed by atoms with Gasteiger partial charge in [-0.2, -0.15) is 18.3 Å². The number of alkyl halides is 3. The molecule has 4 N–H and O–H groups in total. The summed E-state index contributed by atoms with van der Waals surface area (Å²) < 4.78 is 39.3. The third kappa shape index (κ3) is 4.03. The molecule has 1 heterocycles. The van der Waals surface area contributed by atoms with Crippen molar-refractivity contribution in [2.45, 2.75) is 19.6 Å². The molecule has 1 aromatic heterocycles. The maximum Gasteiger partial charge on any atom is 0.416 e. The van der Waals surface area contributed by atoms with Crippen LogP contribution in [0.2, 0.25) is 0 Å². The molecule has 10 heteroatoms. The van der Waals surface area contributed by atoms with Crippen LogP contribution in [0.1, 0.15) is 23.0 Å². The highest BCUT2D eigenvalue weighted by molar-refractivity contribution is 6.05. The molecule has 0 atom stereocenters. The van der Waals surface area contributed by atoms with E-state index in [0.717, 1.165) is 12.1 Å². The molecule has 0 spiro atoms. The van der Waals surface area contributed by atoms with Crippen LogP contribution in [-0.4, -0.2) is 21.7 Å². The van der Waals surface area contributed by atoms with Crippen molar-refractivity contribution in [1.82, 2.24) is 9.78 Å². The number of halogens is 3. The van der Waals surface area contributed by atoms with Gasteiger partial charge in [0, 0.05) is 18.4 Å². The lowest BCUT2D eigenvalue weighted by atomic mass is 10.2. The number of carbonyl (C=O) groups excluding carboxylic acids is 2. The lowest BCUT2D eigenvalue weighted by molar-refractivity contribution is -0.137. The number of carbonyl (C=O) groups is 2. The molecule has 2 aromatic rings. The summed E-state index contributed by atoms with van der Waals surface area (Å²) in [7, 11) is 0. The number of rotatable bonds is 4. The third-order valence-corrected chi connectivity index (χ3v) is 3.02. The predicted octanol–water partition coefficient (Wildman–Crippen LogP) is 2.66. The van der Waals surface area contributed by atoms with Crippen molar-refractivity contribution >= 4 is 23.3 Å². The highest BCUT2D eigenvalue weighted by Crippen LogP contribution is 2.30. The summed E-state index contributed by atoms with van der Waals surface area (Å²) in [6, 6.07) is 3.33. The quantitative estimate of drug-likeness (QED) is 0.796. The van der Waals surface area contributed by atoms with Crippen LogP contribution in [0, 0.1) is 0 Å². The average molecular weight is 341 g/mol. The maximum absolute atomic E-state index is 12.6. The van der Waals surface area contributed by atoms with Crippen LogP contribution < -0.4 is 16.4 Å². The molecule has 0 saturated carbocycles. The Morgan fingerprint density at radius 2 is 2.00 bits per heavy atom. The fourth-order valence-electron chi connectivity index (χ4n) is 1.91. The fourth-order valence-corrected chi connectivity index (χ4v) is 1.91. The van der Waals surface area contributed by atoms with Gasteiger partial charge in [-0.3, -0.25) is 9.48 Å². The Morgan fingerprint density at radius 1 is 1.29 bits per heavy atom. The normalized spacial score (nSPS) is 11.2. The second kappa shape index (κ2) is 6.60. The number of hydrogen-bond donors (Lipinski definition) is 3. The molecule has 0 radical (unpaired) electrons. The standard InChI is InChI=1S/C14H14F3N5O2/c1-2-22-7-10(11(21-22)12(18)23)20-13(24)19-9-5-3-4-8(6-9)14(15,16)17/h3-7H,2H2,1H3,(H2,18,23)(H2,19,20,24). The molecule has 7 nitrogen and oxygen atoms in total. The Balaban J connectivity index is 2.14. The van der Waals surface area contributed by atoms with Crippen LogP contribution in [0.15, 0.2) is 30.5 Å². The van der Waals surface area contributed by atoms with E-state index in [1.54, 1.807) is 6.92 Å². The highest BCUT2D eigenvalue weighted by atomic mass is 19.4. The Bertz CT molecular complexity index is 770. The van der Waals surface area contributed by atoms with E-state index >= 15 is 0 Å². The number of amides is 3. The molecule has 0 unspecified atom stereocenters. The van der Waals surface area contributed by atoms with Gasteiger partial charge >= 0.3 is 12.2 Å². The fraction of sp³-hybridized carbons (Fsp3) is 0.214. The first-order valence-electron chi connectivity index (χ1n) is 6.83. The molecule has 0 aliphatic rings. The Kier molecular flexibility index (Phi) is 4.77. The van der Waals surface area contributed by atoms with Gasteiger partial charge in [0.05, 0.1) is 11.3 Å². The number of aryl methyl sites for hydroxylation is 1. The van der Waals surface area contributed by atoms with Gasteiger partial charge in [0.1, 0.15) is 0 Å². The van der Waals surface area contributed by atoms with Gasteiger partial charge in [0.25, 0.3) is 5.91 Å². The molecule has 3 amide bonds. The van der Waals surface area contributed by atoms with Crippen LogP contribution in [0.4, 0.5) is 29.3 Å². The van der Waals surface area contributed by atoms with E-state index in [-0.39, 0.29) is 17.1 Å². The van der Waals surface area contributed by atoms with Crippen LogP contribution in [-0.2, 0) is 12.7 Å². The van der Waals surface area contributed by atoms with E-state index in [2.05, 4.69) is 15.7 Å². The molecule has 0 saturated heterocycles. The van der Waals surface area contributed by atoms with Crippen molar-refractivity contribution in [3.63, 3.8) is 0 Å². The molecule has 24 heavy (non-hydrogen) atoms. The SMILES string of the molecule is CCn1cc(NC(=O)Nc2cccc(C(F)(F)F)c2)c(C(N)=O)n1. The number of primary amides is 1. The van der Waals surface area contributed by atoms with E-state index in [9.17, 15) is 22.8 Å². The smallest absolute Gasteiger partial charge is 0.364 e. The van der Waals surface area contributed by atoms with E-state index < -0.39 is 23.7 Å². The minimum absolute atomic E-state index is 0.0502. The number of hydrogen-bond acceptors (Lipinski definition) is 3. The molecule has 1 aromatic carbocycles. The first kappa shape index (κ1) is 17.3. The monoisotopic (exact) mass is 341 g/mol. The lowest BCUT2D eigenvalue weighted by Crippen LogP contribution is -2.22. The van der Waals surface area contributed by atoms with Gasteiger partial charge in [-0.25, -0.2) is 4.79 Å². The second-order valence-electron chi connectivity index (χ2n) is 4.77. The number of nitrogens with one attached hydrogen (secondary N) is 2. The summed E-state index contributed by atoms with van der Waals surface area (Å²) >= 11 is 0. The van der Waals surface area contributed by atoms with E-state index in [4.69, 9.17) is 5.73 Å². The van der Waals surface area contributed by atoms with Crippen molar-refractivity contribution in [3.05, 3.63) is 41.7 Å². The number of urea groups is 1. The first-order valence-corrected chi connectivity index (χ1v) is 6.83. The van der Waals surface area contributed by atoms with Gasteiger partial charge in [-0.15, -0.1) is 0 Å². The topological polar surface area (TPSA) is 102 Å². The summed E-state index contributed by atoms with van der Waals surface area (Å²) in [6.07, 6.45) is -3.12. The summed E-state index contributed by atoms with van der Waals surface area (Å²) in [5.41, 5.74) is 4.15. The van der Waals surface area contributed by atoms with E-state index in [1.807, 2.05) is 0 Å². The zero-order valence-corrected chi connectivity index (χ0v) is 12.5. The second-order valence-corrected chi connectivity index (χ2v) is 4.77. The van der Waals surface area contributed by atoms with Crippen LogP contribution in [0.25, 0.3) is 0 Å². The Hall–Kier alpha value is -3.04. The summed E-state index contributed by atoms with van der Waals surface area (Å²) in [5.74, 6) is -0.837. The molecular formula is C14H14F3N5O2. The molecular weight excluding hydrogens is 327 g/mol. The molecule has 0 aliphatic heterocycles. The van der Waals surface area contributed by atoms with Crippen LogP contribution in [0.5, 0.6) is 0 Å². The van der Waals surface area contributed by atoms with Crippen molar-refractivity contribution in [2.24, 2.45) is 5.73 Å². The lowest BCUT2D eigenvalue weighted by Gasteiger charge is -2.10. The largest absolute Gasteiger partial charge is 0.416 e. The van der Waals surface area contributed by atoms with Crippen LogP contribution in [0.3, 0.4) is 0 Å². The van der Waals surface area contributed by atoms with E-state index in [1.165, 1.54) is 23.0 Å². The van der Waals surface area contributed by atoms with Crippen LogP contribution >= 0.6 is 0 Å². The first-order chi connectivity index (χ1) is 11.2. The number of anilines is 2. The highest BCUT2D eigenvalue weighted by Gasteiger charge is 2.30. The molecule has 128 valence electrons. The number of benzene rings is 1. The van der Waals surface area contributed by atoms with Crippen molar-refractivity contribution in [1.29, 1.82) is 0 Å². The third-order valence-electron chi connectivity index (χ3n) is 3.02. The number of aromatic nitrogens is 2. The maximum atomic E-state index is 12.6. The number of nitrogens with zero attached hydrogens (tertiary/aromatic N) is 2. The molecule has 0 fully saturated rings. The van der Waals surface area contributed by atoms with E-state index in [0.29, 0.717) is 6.54 Å². The zero-order chi connectivity index (χ0) is 17.9. The van der Waals surface area contributed by atoms with Gasteiger partial charge in [0.2, 0.25) is 0 Å². The molecule has 2 rings (SSSR count). The van der Waals surface area contributed by atoms with Crippen molar-refractivity contribution in [3.8, 4) is 0 Å². The summed E-state index contributed by atoms with van der Waals surface area (Å²) in [4.78, 5) is 23.2. The van der Waals surface area contributed by atoms with Gasteiger partial charge in [-0.1, -0.05) is 6.07 Å². The van der Waals surface area contributed by atoms with Gasteiger partial charge < -0.3 is 16.4 Å². The number of nitrogens with two attached hydrogens (primary N) is 1. The Morgan fingerprint density at radius 3 is 2.58 bits per heavy atom.